The molecule has 0 spiro atoms. The van der Waals surface area contributed by atoms with Crippen molar-refractivity contribution in [3.05, 3.63) is 42.0 Å². The first kappa shape index (κ1) is 19.5. The third-order valence-electron chi connectivity index (χ3n) is 5.82. The van der Waals surface area contributed by atoms with Crippen LogP contribution in [0.15, 0.2) is 30.6 Å². The van der Waals surface area contributed by atoms with E-state index in [-0.39, 0.29) is 17.9 Å². The lowest BCUT2D eigenvalue weighted by Gasteiger charge is -2.24. The second kappa shape index (κ2) is 9.15. The number of carbonyl (C=O) groups is 2. The van der Waals surface area contributed by atoms with Gasteiger partial charge in [-0.15, -0.1) is 5.10 Å². The van der Waals surface area contributed by atoms with Gasteiger partial charge in [-0.25, -0.2) is 0 Å². The van der Waals surface area contributed by atoms with Crippen molar-refractivity contribution < 1.29 is 9.59 Å². The second-order valence-electron chi connectivity index (χ2n) is 8.14. The van der Waals surface area contributed by atoms with Crippen LogP contribution in [0.3, 0.4) is 0 Å². The van der Waals surface area contributed by atoms with Crippen LogP contribution in [0.4, 0.5) is 0 Å². The minimum absolute atomic E-state index is 0.0348. The number of hydrogen-bond acceptors (Lipinski definition) is 5. The van der Waals surface area contributed by atoms with Crippen LogP contribution in [-0.4, -0.2) is 49.3 Å². The lowest BCUT2D eigenvalue weighted by atomic mass is 9.89. The molecule has 2 aromatic rings. The van der Waals surface area contributed by atoms with Crippen LogP contribution in [0, 0.1) is 5.92 Å². The first-order valence-corrected chi connectivity index (χ1v) is 10.6. The first-order valence-electron chi connectivity index (χ1n) is 10.6. The molecule has 1 saturated carbocycles. The van der Waals surface area contributed by atoms with Crippen LogP contribution in [0.5, 0.6) is 0 Å². The van der Waals surface area contributed by atoms with Crippen molar-refractivity contribution in [1.29, 1.82) is 0 Å². The predicted octanol–water partition coefficient (Wildman–Crippen LogP) is 2.17. The molecule has 8 heteroatoms. The van der Waals surface area contributed by atoms with Gasteiger partial charge in [-0.05, 0) is 37.3 Å². The number of hydrogen-bond donors (Lipinski definition) is 1. The van der Waals surface area contributed by atoms with E-state index >= 15 is 0 Å². The quantitative estimate of drug-likeness (QED) is 0.774. The minimum atomic E-state index is -0.174. The van der Waals surface area contributed by atoms with E-state index in [1.54, 1.807) is 22.0 Å². The van der Waals surface area contributed by atoms with E-state index in [0.717, 1.165) is 18.7 Å². The Morgan fingerprint density at radius 1 is 1.21 bits per heavy atom. The molecule has 2 aliphatic rings. The molecule has 1 saturated heterocycles. The standard InChI is InChI=1S/C21H28N6O2/c28-20-10-9-18(23-20)14-26(13-17-8-4-5-11-22-17)21(29)19-15-27(25-24-19)12-16-6-2-1-3-7-16/h4-5,8,11,15-16,18H,1-3,6-7,9-10,12-14H2,(H,23,28)/t18-/m0/s1. The van der Waals surface area contributed by atoms with Gasteiger partial charge in [0, 0.05) is 31.7 Å². The van der Waals surface area contributed by atoms with Gasteiger partial charge in [-0.1, -0.05) is 30.5 Å². The van der Waals surface area contributed by atoms with Gasteiger partial charge in [0.15, 0.2) is 5.69 Å². The van der Waals surface area contributed by atoms with Gasteiger partial charge in [-0.3, -0.25) is 19.3 Å². The zero-order valence-electron chi connectivity index (χ0n) is 16.7. The van der Waals surface area contributed by atoms with Crippen molar-refractivity contribution >= 4 is 11.8 Å². The summed E-state index contributed by atoms with van der Waals surface area (Å²) in [5, 5.41) is 11.3. The monoisotopic (exact) mass is 396 g/mol. The number of pyridine rings is 1. The molecular weight excluding hydrogens is 368 g/mol. The average Bonchev–Trinajstić information content (AvgIpc) is 3.37. The van der Waals surface area contributed by atoms with E-state index in [2.05, 4.69) is 20.6 Å². The average molecular weight is 396 g/mol. The van der Waals surface area contributed by atoms with Crippen molar-refractivity contribution in [2.45, 2.75) is 64.1 Å². The molecule has 0 bridgehead atoms. The molecule has 29 heavy (non-hydrogen) atoms. The molecule has 1 aliphatic heterocycles. The molecule has 1 aliphatic carbocycles. The van der Waals surface area contributed by atoms with Crippen LogP contribution in [0.25, 0.3) is 0 Å². The Morgan fingerprint density at radius 2 is 2.07 bits per heavy atom. The van der Waals surface area contributed by atoms with E-state index < -0.39 is 0 Å². The zero-order valence-corrected chi connectivity index (χ0v) is 16.7. The van der Waals surface area contributed by atoms with Gasteiger partial charge >= 0.3 is 0 Å². The lowest BCUT2D eigenvalue weighted by Crippen LogP contribution is -2.41. The number of nitrogens with zero attached hydrogens (tertiary/aromatic N) is 5. The summed E-state index contributed by atoms with van der Waals surface area (Å²) in [6.07, 6.45) is 11.0. The maximum atomic E-state index is 13.2. The number of carbonyl (C=O) groups excluding carboxylic acids is 2. The highest BCUT2D eigenvalue weighted by Crippen LogP contribution is 2.24. The maximum Gasteiger partial charge on any atom is 0.276 e. The third-order valence-corrected chi connectivity index (χ3v) is 5.82. The molecule has 3 heterocycles. The zero-order chi connectivity index (χ0) is 20.1. The molecule has 2 fully saturated rings. The van der Waals surface area contributed by atoms with Gasteiger partial charge in [0.2, 0.25) is 5.91 Å². The van der Waals surface area contributed by atoms with Gasteiger partial charge in [-0.2, -0.15) is 0 Å². The summed E-state index contributed by atoms with van der Waals surface area (Å²) in [7, 11) is 0. The highest BCUT2D eigenvalue weighted by Gasteiger charge is 2.27. The normalized spacial score (nSPS) is 19.9. The van der Waals surface area contributed by atoms with Crippen molar-refractivity contribution in [3.63, 3.8) is 0 Å². The van der Waals surface area contributed by atoms with Crippen LogP contribution in [0.1, 0.15) is 61.1 Å². The molecule has 0 unspecified atom stereocenters. The fraction of sp³-hybridized carbons (Fsp3) is 0.571. The molecule has 1 atom stereocenters. The summed E-state index contributed by atoms with van der Waals surface area (Å²) < 4.78 is 1.81. The summed E-state index contributed by atoms with van der Waals surface area (Å²) >= 11 is 0. The molecule has 2 aromatic heterocycles. The highest BCUT2D eigenvalue weighted by molar-refractivity contribution is 5.92. The molecule has 4 rings (SSSR count). The number of amides is 2. The van der Waals surface area contributed by atoms with Crippen LogP contribution in [-0.2, 0) is 17.9 Å². The van der Waals surface area contributed by atoms with Gasteiger partial charge in [0.25, 0.3) is 5.91 Å². The van der Waals surface area contributed by atoms with Gasteiger partial charge in [0.05, 0.1) is 18.4 Å². The van der Waals surface area contributed by atoms with Crippen molar-refractivity contribution in [2.75, 3.05) is 6.54 Å². The smallest absolute Gasteiger partial charge is 0.276 e. The SMILES string of the molecule is O=C1CC[C@@H](CN(Cc2ccccn2)C(=O)c2cn(CC3CCCCC3)nn2)N1. The minimum Gasteiger partial charge on any atom is -0.352 e. The molecule has 154 valence electrons. The van der Waals surface area contributed by atoms with Crippen molar-refractivity contribution in [1.82, 2.24) is 30.2 Å². The predicted molar refractivity (Wildman–Crippen MR) is 107 cm³/mol. The van der Waals surface area contributed by atoms with Gasteiger partial charge in [0.1, 0.15) is 0 Å². The van der Waals surface area contributed by atoms with Crippen molar-refractivity contribution in [3.8, 4) is 0 Å². The highest BCUT2D eigenvalue weighted by atomic mass is 16.2. The topological polar surface area (TPSA) is 93.0 Å². The maximum absolute atomic E-state index is 13.2. The fourth-order valence-corrected chi connectivity index (χ4v) is 4.27. The van der Waals surface area contributed by atoms with Crippen LogP contribution < -0.4 is 5.32 Å². The van der Waals surface area contributed by atoms with E-state index in [0.29, 0.717) is 31.1 Å². The van der Waals surface area contributed by atoms with E-state index in [4.69, 9.17) is 0 Å². The summed E-state index contributed by atoms with van der Waals surface area (Å²) in [6.45, 7) is 1.64. The third kappa shape index (κ3) is 5.19. The second-order valence-corrected chi connectivity index (χ2v) is 8.14. The molecule has 0 aromatic carbocycles. The Labute approximate surface area is 170 Å². The van der Waals surface area contributed by atoms with Crippen LogP contribution >= 0.6 is 0 Å². The Bertz CT molecular complexity index is 831. The largest absolute Gasteiger partial charge is 0.352 e. The first-order chi connectivity index (χ1) is 14.2. The number of rotatable bonds is 7. The Balaban J connectivity index is 1.45. The summed E-state index contributed by atoms with van der Waals surface area (Å²) in [4.78, 5) is 30.8. The molecule has 0 radical (unpaired) electrons. The Hall–Kier alpha value is -2.77. The van der Waals surface area contributed by atoms with Gasteiger partial charge < -0.3 is 10.2 Å². The van der Waals surface area contributed by atoms with Crippen molar-refractivity contribution in [2.24, 2.45) is 5.92 Å². The molecular formula is C21H28N6O2. The van der Waals surface area contributed by atoms with E-state index in [1.165, 1.54) is 32.1 Å². The summed E-state index contributed by atoms with van der Waals surface area (Å²) in [6, 6.07) is 5.62. The van der Waals surface area contributed by atoms with E-state index in [1.807, 2.05) is 18.2 Å². The molecule has 8 nitrogen and oxygen atoms in total. The summed E-state index contributed by atoms with van der Waals surface area (Å²) in [5.41, 5.74) is 1.15. The Kier molecular flexibility index (Phi) is 6.17. The Morgan fingerprint density at radius 3 is 2.79 bits per heavy atom. The number of nitrogens with one attached hydrogen (secondary N) is 1. The lowest BCUT2D eigenvalue weighted by molar-refractivity contribution is -0.119. The fourth-order valence-electron chi connectivity index (χ4n) is 4.27. The molecule has 2 amide bonds. The summed E-state index contributed by atoms with van der Waals surface area (Å²) in [5.74, 6) is 0.483. The van der Waals surface area contributed by atoms with Crippen LogP contribution in [0.2, 0.25) is 0 Å². The van der Waals surface area contributed by atoms with E-state index in [9.17, 15) is 9.59 Å². The number of aromatic nitrogens is 4. The molecule has 1 N–H and O–H groups in total.